The van der Waals surface area contributed by atoms with Gasteiger partial charge in [0.2, 0.25) is 15.9 Å². The third kappa shape index (κ3) is 5.81. The van der Waals surface area contributed by atoms with Gasteiger partial charge in [-0.2, -0.15) is 4.31 Å². The summed E-state index contributed by atoms with van der Waals surface area (Å²) >= 11 is 5.81. The molecule has 172 valence electrons. The number of hydrogen-bond acceptors (Lipinski definition) is 4. The van der Waals surface area contributed by atoms with E-state index in [1.807, 2.05) is 0 Å². The zero-order chi connectivity index (χ0) is 23.3. The SMILES string of the molecule is O=C(NCCCC(=O)N1CCN(S(=O)(=O)c2ccc(Cl)cc2)CC1)c1ccc(F)cc1F. The van der Waals surface area contributed by atoms with Gasteiger partial charge in [0, 0.05) is 50.2 Å². The van der Waals surface area contributed by atoms with E-state index in [0.717, 1.165) is 12.1 Å². The highest BCUT2D eigenvalue weighted by molar-refractivity contribution is 7.89. The molecule has 1 aliphatic heterocycles. The molecule has 0 radical (unpaired) electrons. The number of halogens is 3. The normalized spacial score (nSPS) is 14.9. The van der Waals surface area contributed by atoms with Crippen LogP contribution >= 0.6 is 11.6 Å². The van der Waals surface area contributed by atoms with Crippen LogP contribution in [-0.4, -0.2) is 62.2 Å². The van der Waals surface area contributed by atoms with E-state index in [1.54, 1.807) is 4.90 Å². The molecule has 0 aromatic heterocycles. The van der Waals surface area contributed by atoms with Crippen LogP contribution < -0.4 is 5.32 Å². The van der Waals surface area contributed by atoms with Crippen molar-refractivity contribution in [3.63, 3.8) is 0 Å². The molecule has 1 saturated heterocycles. The molecule has 11 heteroatoms. The predicted molar refractivity (Wildman–Crippen MR) is 115 cm³/mol. The van der Waals surface area contributed by atoms with Crippen LogP contribution in [0.1, 0.15) is 23.2 Å². The Balaban J connectivity index is 1.42. The van der Waals surface area contributed by atoms with Crippen LogP contribution in [0.3, 0.4) is 0 Å². The number of nitrogens with zero attached hydrogens (tertiary/aromatic N) is 2. The summed E-state index contributed by atoms with van der Waals surface area (Å²) in [5, 5.41) is 2.94. The maximum Gasteiger partial charge on any atom is 0.254 e. The summed E-state index contributed by atoms with van der Waals surface area (Å²) in [7, 11) is -3.66. The quantitative estimate of drug-likeness (QED) is 0.611. The summed E-state index contributed by atoms with van der Waals surface area (Å²) in [4.78, 5) is 26.1. The summed E-state index contributed by atoms with van der Waals surface area (Å²) in [6.07, 6.45) is 0.479. The van der Waals surface area contributed by atoms with Crippen LogP contribution in [0.15, 0.2) is 47.4 Å². The van der Waals surface area contributed by atoms with Crippen molar-refractivity contribution < 1.29 is 26.8 Å². The van der Waals surface area contributed by atoms with Crippen LogP contribution in [0.5, 0.6) is 0 Å². The van der Waals surface area contributed by atoms with Crippen molar-refractivity contribution in [1.82, 2.24) is 14.5 Å². The molecule has 1 aliphatic rings. The highest BCUT2D eigenvalue weighted by Gasteiger charge is 2.29. The summed E-state index contributed by atoms with van der Waals surface area (Å²) in [5.74, 6) is -2.57. The van der Waals surface area contributed by atoms with Crippen molar-refractivity contribution in [2.24, 2.45) is 0 Å². The second kappa shape index (κ2) is 10.4. The lowest BCUT2D eigenvalue weighted by Crippen LogP contribution is -2.50. The number of amides is 2. The van der Waals surface area contributed by atoms with E-state index in [-0.39, 0.29) is 55.5 Å². The molecule has 1 heterocycles. The molecule has 32 heavy (non-hydrogen) atoms. The van der Waals surface area contributed by atoms with Gasteiger partial charge in [-0.05, 0) is 42.8 Å². The molecule has 1 N–H and O–H groups in total. The minimum absolute atomic E-state index is 0.145. The summed E-state index contributed by atoms with van der Waals surface area (Å²) in [6, 6.07) is 8.60. The molecule has 0 bridgehead atoms. The second-order valence-electron chi connectivity index (χ2n) is 7.22. The van der Waals surface area contributed by atoms with E-state index in [1.165, 1.54) is 28.6 Å². The first-order valence-corrected chi connectivity index (χ1v) is 11.8. The fraction of sp³-hybridized carbons (Fsp3) is 0.333. The molecule has 3 rings (SSSR count). The Labute approximate surface area is 190 Å². The topological polar surface area (TPSA) is 86.8 Å². The Bertz CT molecular complexity index is 1090. The molecular weight excluding hydrogens is 464 g/mol. The molecule has 1 fully saturated rings. The largest absolute Gasteiger partial charge is 0.352 e. The van der Waals surface area contributed by atoms with E-state index in [9.17, 15) is 26.8 Å². The Morgan fingerprint density at radius 3 is 2.28 bits per heavy atom. The number of nitrogens with one attached hydrogen (secondary N) is 1. The number of hydrogen-bond donors (Lipinski definition) is 1. The lowest BCUT2D eigenvalue weighted by Gasteiger charge is -2.34. The summed E-state index contributed by atoms with van der Waals surface area (Å²) in [6.45, 7) is 1.03. The van der Waals surface area contributed by atoms with Crippen molar-refractivity contribution in [3.05, 3.63) is 64.7 Å². The van der Waals surface area contributed by atoms with Crippen molar-refractivity contribution in [2.45, 2.75) is 17.7 Å². The molecule has 7 nitrogen and oxygen atoms in total. The standard InChI is InChI=1S/C21H22ClF2N3O4S/c22-15-3-6-17(7-4-15)32(30,31)27-12-10-26(11-13-27)20(28)2-1-9-25-21(29)18-8-5-16(23)14-19(18)24/h3-8,14H,1-2,9-13H2,(H,25,29). The van der Waals surface area contributed by atoms with Gasteiger partial charge < -0.3 is 10.2 Å². The van der Waals surface area contributed by atoms with Crippen LogP contribution in [0.2, 0.25) is 5.02 Å². The first-order valence-electron chi connectivity index (χ1n) is 9.95. The number of sulfonamides is 1. The fourth-order valence-corrected chi connectivity index (χ4v) is 4.85. The molecule has 0 atom stereocenters. The third-order valence-corrected chi connectivity index (χ3v) is 7.24. The fourth-order valence-electron chi connectivity index (χ4n) is 3.30. The van der Waals surface area contributed by atoms with Crippen LogP contribution in [0, 0.1) is 11.6 Å². The van der Waals surface area contributed by atoms with E-state index in [2.05, 4.69) is 5.32 Å². The minimum atomic E-state index is -3.66. The minimum Gasteiger partial charge on any atom is -0.352 e. The highest BCUT2D eigenvalue weighted by Crippen LogP contribution is 2.20. The van der Waals surface area contributed by atoms with E-state index < -0.39 is 27.6 Å². The lowest BCUT2D eigenvalue weighted by molar-refractivity contribution is -0.132. The zero-order valence-electron chi connectivity index (χ0n) is 17.1. The number of carbonyl (C=O) groups is 2. The molecular formula is C21H22ClF2N3O4S. The number of benzene rings is 2. The molecule has 0 spiro atoms. The first kappa shape index (κ1) is 24.1. The van der Waals surface area contributed by atoms with Gasteiger partial charge in [-0.1, -0.05) is 11.6 Å². The Morgan fingerprint density at radius 2 is 1.66 bits per heavy atom. The number of carbonyl (C=O) groups excluding carboxylic acids is 2. The second-order valence-corrected chi connectivity index (χ2v) is 9.60. The van der Waals surface area contributed by atoms with Crippen LogP contribution in [-0.2, 0) is 14.8 Å². The van der Waals surface area contributed by atoms with Gasteiger partial charge in [-0.25, -0.2) is 17.2 Å². The number of piperazine rings is 1. The average Bonchev–Trinajstić information content (AvgIpc) is 2.77. The maximum atomic E-state index is 13.6. The van der Waals surface area contributed by atoms with Gasteiger partial charge in [0.15, 0.2) is 0 Å². The molecule has 2 amide bonds. The van der Waals surface area contributed by atoms with Crippen molar-refractivity contribution in [2.75, 3.05) is 32.7 Å². The third-order valence-electron chi connectivity index (χ3n) is 5.07. The molecule has 2 aromatic carbocycles. The van der Waals surface area contributed by atoms with Gasteiger partial charge in [-0.15, -0.1) is 0 Å². The Morgan fingerprint density at radius 1 is 1.00 bits per heavy atom. The van der Waals surface area contributed by atoms with Gasteiger partial charge >= 0.3 is 0 Å². The molecule has 2 aromatic rings. The Hall–Kier alpha value is -2.56. The van der Waals surface area contributed by atoms with Gasteiger partial charge in [0.1, 0.15) is 11.6 Å². The van der Waals surface area contributed by atoms with E-state index in [4.69, 9.17) is 11.6 Å². The molecule has 0 saturated carbocycles. The van der Waals surface area contributed by atoms with Crippen molar-refractivity contribution >= 4 is 33.4 Å². The molecule has 0 aliphatic carbocycles. The zero-order valence-corrected chi connectivity index (χ0v) is 18.6. The molecule has 0 unspecified atom stereocenters. The number of rotatable bonds is 7. The average molecular weight is 486 g/mol. The highest BCUT2D eigenvalue weighted by atomic mass is 35.5. The smallest absolute Gasteiger partial charge is 0.254 e. The first-order chi connectivity index (χ1) is 15.2. The van der Waals surface area contributed by atoms with Gasteiger partial charge in [-0.3, -0.25) is 9.59 Å². The van der Waals surface area contributed by atoms with Crippen LogP contribution in [0.25, 0.3) is 0 Å². The lowest BCUT2D eigenvalue weighted by atomic mass is 10.2. The van der Waals surface area contributed by atoms with Gasteiger partial charge in [0.25, 0.3) is 5.91 Å². The monoisotopic (exact) mass is 485 g/mol. The van der Waals surface area contributed by atoms with Crippen molar-refractivity contribution in [1.29, 1.82) is 0 Å². The maximum absolute atomic E-state index is 13.6. The Kier molecular flexibility index (Phi) is 7.81. The predicted octanol–water partition coefficient (Wildman–Crippen LogP) is 2.66. The van der Waals surface area contributed by atoms with Crippen LogP contribution in [0.4, 0.5) is 8.78 Å². The van der Waals surface area contributed by atoms with Gasteiger partial charge in [0.05, 0.1) is 10.5 Å². The summed E-state index contributed by atoms with van der Waals surface area (Å²) in [5.41, 5.74) is -0.268. The van der Waals surface area contributed by atoms with E-state index in [0.29, 0.717) is 17.5 Å². The summed E-state index contributed by atoms with van der Waals surface area (Å²) < 4.78 is 53.3. The van der Waals surface area contributed by atoms with E-state index >= 15 is 0 Å². The van der Waals surface area contributed by atoms with Crippen molar-refractivity contribution in [3.8, 4) is 0 Å².